The second kappa shape index (κ2) is 6.06. The molecule has 1 aromatic rings. The molecule has 1 unspecified atom stereocenters. The fraction of sp³-hybridized carbons (Fsp3) is 0.533. The van der Waals surface area contributed by atoms with Gasteiger partial charge < -0.3 is 10.8 Å². The summed E-state index contributed by atoms with van der Waals surface area (Å²) in [6.07, 6.45) is 3.83. The normalized spacial score (nSPS) is 16.5. The van der Waals surface area contributed by atoms with Crippen LogP contribution in [0.4, 0.5) is 5.69 Å². The van der Waals surface area contributed by atoms with Gasteiger partial charge in [-0.15, -0.1) is 0 Å². The molecule has 19 heavy (non-hydrogen) atoms. The molecule has 1 saturated carbocycles. The molecule has 0 saturated heterocycles. The van der Waals surface area contributed by atoms with Gasteiger partial charge in [-0.1, -0.05) is 25.5 Å². The SMILES string of the molecule is CCCC(C(=O)O)N(Cc1ccc(N)cc1)C1CC1. The molecule has 0 aromatic heterocycles. The number of aliphatic carboxylic acids is 1. The molecular weight excluding hydrogens is 240 g/mol. The Morgan fingerprint density at radius 3 is 2.53 bits per heavy atom. The minimum atomic E-state index is -0.704. The van der Waals surface area contributed by atoms with E-state index in [-0.39, 0.29) is 6.04 Å². The van der Waals surface area contributed by atoms with Gasteiger partial charge in [-0.05, 0) is 37.0 Å². The first-order chi connectivity index (χ1) is 9.11. The maximum Gasteiger partial charge on any atom is 0.320 e. The number of rotatable bonds is 7. The summed E-state index contributed by atoms with van der Waals surface area (Å²) in [6.45, 7) is 2.73. The van der Waals surface area contributed by atoms with Crippen LogP contribution in [-0.4, -0.2) is 28.1 Å². The van der Waals surface area contributed by atoms with Gasteiger partial charge in [0.1, 0.15) is 6.04 Å². The lowest BCUT2D eigenvalue weighted by molar-refractivity contribution is -0.144. The molecule has 4 nitrogen and oxygen atoms in total. The lowest BCUT2D eigenvalue weighted by atomic mass is 10.1. The van der Waals surface area contributed by atoms with E-state index in [1.807, 2.05) is 31.2 Å². The smallest absolute Gasteiger partial charge is 0.320 e. The highest BCUT2D eigenvalue weighted by Gasteiger charge is 2.36. The van der Waals surface area contributed by atoms with Gasteiger partial charge in [0.05, 0.1) is 0 Å². The number of nitrogen functional groups attached to an aromatic ring is 1. The van der Waals surface area contributed by atoms with Crippen molar-refractivity contribution >= 4 is 11.7 Å². The summed E-state index contributed by atoms with van der Waals surface area (Å²) in [5, 5.41) is 9.41. The first kappa shape index (κ1) is 13.9. The molecule has 1 aromatic carbocycles. The van der Waals surface area contributed by atoms with Crippen molar-refractivity contribution in [3.8, 4) is 0 Å². The standard InChI is InChI=1S/C15H22N2O2/c1-2-3-14(15(18)19)17(13-8-9-13)10-11-4-6-12(16)7-5-11/h4-7,13-14H,2-3,8-10,16H2,1H3,(H,18,19). The van der Waals surface area contributed by atoms with E-state index >= 15 is 0 Å². The monoisotopic (exact) mass is 262 g/mol. The fourth-order valence-electron chi connectivity index (χ4n) is 2.44. The largest absolute Gasteiger partial charge is 0.480 e. The Bertz CT molecular complexity index is 426. The van der Waals surface area contributed by atoms with Crippen LogP contribution in [0.2, 0.25) is 0 Å². The Morgan fingerprint density at radius 2 is 2.05 bits per heavy atom. The van der Waals surface area contributed by atoms with Gasteiger partial charge in [0.15, 0.2) is 0 Å². The molecule has 4 heteroatoms. The topological polar surface area (TPSA) is 66.6 Å². The van der Waals surface area contributed by atoms with E-state index in [0.717, 1.165) is 30.5 Å². The van der Waals surface area contributed by atoms with Gasteiger partial charge in [0.25, 0.3) is 0 Å². The molecule has 0 radical (unpaired) electrons. The van der Waals surface area contributed by atoms with Gasteiger partial charge in [-0.25, -0.2) is 0 Å². The van der Waals surface area contributed by atoms with Crippen molar-refractivity contribution in [2.45, 2.75) is 51.2 Å². The van der Waals surface area contributed by atoms with Gasteiger partial charge in [0.2, 0.25) is 0 Å². The highest BCUT2D eigenvalue weighted by molar-refractivity contribution is 5.73. The van der Waals surface area contributed by atoms with E-state index in [0.29, 0.717) is 19.0 Å². The zero-order valence-corrected chi connectivity index (χ0v) is 11.4. The molecule has 2 rings (SSSR count). The van der Waals surface area contributed by atoms with Crippen LogP contribution in [0.1, 0.15) is 38.2 Å². The van der Waals surface area contributed by atoms with E-state index in [1.165, 1.54) is 0 Å². The number of hydrogen-bond acceptors (Lipinski definition) is 3. The maximum atomic E-state index is 11.4. The van der Waals surface area contributed by atoms with Gasteiger partial charge in [-0.3, -0.25) is 9.69 Å². The molecule has 1 atom stereocenters. The molecule has 3 N–H and O–H groups in total. The van der Waals surface area contributed by atoms with E-state index in [9.17, 15) is 9.90 Å². The third-order valence-electron chi connectivity index (χ3n) is 3.61. The number of hydrogen-bond donors (Lipinski definition) is 2. The van der Waals surface area contributed by atoms with Crippen LogP contribution in [0.5, 0.6) is 0 Å². The third-order valence-corrected chi connectivity index (χ3v) is 3.61. The Hall–Kier alpha value is -1.55. The first-order valence-corrected chi connectivity index (χ1v) is 6.94. The van der Waals surface area contributed by atoms with Crippen LogP contribution in [0.3, 0.4) is 0 Å². The summed E-state index contributed by atoms with van der Waals surface area (Å²) >= 11 is 0. The predicted molar refractivity (Wildman–Crippen MR) is 75.8 cm³/mol. The summed E-state index contributed by atoms with van der Waals surface area (Å²) < 4.78 is 0. The van der Waals surface area contributed by atoms with Crippen molar-refractivity contribution in [1.29, 1.82) is 0 Å². The van der Waals surface area contributed by atoms with Crippen molar-refractivity contribution in [1.82, 2.24) is 4.90 Å². The lowest BCUT2D eigenvalue weighted by Crippen LogP contribution is -2.42. The Morgan fingerprint density at radius 1 is 1.42 bits per heavy atom. The van der Waals surface area contributed by atoms with Crippen LogP contribution >= 0.6 is 0 Å². The molecule has 1 fully saturated rings. The van der Waals surface area contributed by atoms with Gasteiger partial charge >= 0.3 is 5.97 Å². The number of carbonyl (C=O) groups is 1. The van der Waals surface area contributed by atoms with Gasteiger partial charge in [-0.2, -0.15) is 0 Å². The minimum absolute atomic E-state index is 0.366. The fourth-order valence-corrected chi connectivity index (χ4v) is 2.44. The zero-order valence-electron chi connectivity index (χ0n) is 11.4. The number of benzene rings is 1. The Kier molecular flexibility index (Phi) is 4.43. The second-order valence-electron chi connectivity index (χ2n) is 5.29. The Labute approximate surface area is 114 Å². The molecule has 0 bridgehead atoms. The van der Waals surface area contributed by atoms with Crippen molar-refractivity contribution in [2.75, 3.05) is 5.73 Å². The van der Waals surface area contributed by atoms with Crippen molar-refractivity contribution in [2.24, 2.45) is 0 Å². The van der Waals surface area contributed by atoms with Crippen LogP contribution in [0, 0.1) is 0 Å². The molecule has 1 aliphatic carbocycles. The van der Waals surface area contributed by atoms with Crippen LogP contribution in [-0.2, 0) is 11.3 Å². The molecule has 104 valence electrons. The van der Waals surface area contributed by atoms with E-state index in [2.05, 4.69) is 4.90 Å². The molecule has 0 heterocycles. The summed E-state index contributed by atoms with van der Waals surface area (Å²) in [4.78, 5) is 13.6. The van der Waals surface area contributed by atoms with Gasteiger partial charge in [0, 0.05) is 18.3 Å². The highest BCUT2D eigenvalue weighted by atomic mass is 16.4. The molecule has 1 aliphatic rings. The average molecular weight is 262 g/mol. The Balaban J connectivity index is 2.10. The highest BCUT2D eigenvalue weighted by Crippen LogP contribution is 2.31. The third kappa shape index (κ3) is 3.70. The van der Waals surface area contributed by atoms with E-state index < -0.39 is 5.97 Å². The van der Waals surface area contributed by atoms with E-state index in [4.69, 9.17) is 5.73 Å². The van der Waals surface area contributed by atoms with Crippen molar-refractivity contribution in [3.05, 3.63) is 29.8 Å². The summed E-state index contributed by atoms with van der Waals surface area (Å²) in [7, 11) is 0. The number of carboxylic acid groups (broad SMARTS) is 1. The lowest BCUT2D eigenvalue weighted by Gasteiger charge is -2.28. The van der Waals surface area contributed by atoms with Crippen molar-refractivity contribution in [3.63, 3.8) is 0 Å². The van der Waals surface area contributed by atoms with E-state index in [1.54, 1.807) is 0 Å². The van der Waals surface area contributed by atoms with Crippen LogP contribution < -0.4 is 5.73 Å². The summed E-state index contributed by atoms with van der Waals surface area (Å²) in [6, 6.07) is 7.78. The quantitative estimate of drug-likeness (QED) is 0.741. The summed E-state index contributed by atoms with van der Waals surface area (Å²) in [5.74, 6) is -0.704. The maximum absolute atomic E-state index is 11.4. The molecule has 0 spiro atoms. The average Bonchev–Trinajstić information content (AvgIpc) is 3.20. The molecule has 0 amide bonds. The van der Waals surface area contributed by atoms with Crippen LogP contribution in [0.25, 0.3) is 0 Å². The summed E-state index contributed by atoms with van der Waals surface area (Å²) in [5.41, 5.74) is 7.55. The first-order valence-electron chi connectivity index (χ1n) is 6.94. The minimum Gasteiger partial charge on any atom is -0.480 e. The second-order valence-corrected chi connectivity index (χ2v) is 5.29. The number of nitrogens with zero attached hydrogens (tertiary/aromatic N) is 1. The number of nitrogens with two attached hydrogens (primary N) is 1. The molecule has 0 aliphatic heterocycles. The number of anilines is 1. The van der Waals surface area contributed by atoms with Crippen molar-refractivity contribution < 1.29 is 9.90 Å². The van der Waals surface area contributed by atoms with Crippen LogP contribution in [0.15, 0.2) is 24.3 Å². The number of carboxylic acids is 1. The zero-order chi connectivity index (χ0) is 13.8. The molecular formula is C15H22N2O2. The predicted octanol–water partition coefficient (Wildman–Crippen LogP) is 2.49.